The summed E-state index contributed by atoms with van der Waals surface area (Å²) in [6, 6.07) is 7.24. The number of nitrogen functional groups attached to an aromatic ring is 1. The van der Waals surface area contributed by atoms with E-state index in [9.17, 15) is 24.8 Å². The summed E-state index contributed by atoms with van der Waals surface area (Å²) in [6.45, 7) is -0.638. The number of benzene rings is 2. The van der Waals surface area contributed by atoms with Gasteiger partial charge in [0.25, 0.3) is 11.6 Å². The van der Waals surface area contributed by atoms with Gasteiger partial charge in [0.15, 0.2) is 6.61 Å². The molecule has 0 aliphatic carbocycles. The summed E-state index contributed by atoms with van der Waals surface area (Å²) in [5.74, 6) is -1.77. The lowest BCUT2D eigenvalue weighted by molar-refractivity contribution is -0.384. The molecule has 0 atom stereocenters. The number of nitrogens with two attached hydrogens (primary N) is 1. The molecule has 2 aromatic rings. The van der Waals surface area contributed by atoms with Crippen LogP contribution in [0.25, 0.3) is 0 Å². The molecule has 0 bridgehead atoms. The number of aromatic hydroxyl groups is 1. The number of phenols is 1. The van der Waals surface area contributed by atoms with Gasteiger partial charge in [-0.1, -0.05) is 11.6 Å². The average molecular weight is 366 g/mol. The molecule has 0 heterocycles. The van der Waals surface area contributed by atoms with Gasteiger partial charge in [0.2, 0.25) is 0 Å². The van der Waals surface area contributed by atoms with Gasteiger partial charge in [-0.2, -0.15) is 0 Å². The Balaban J connectivity index is 1.98. The fraction of sp³-hybridized carbons (Fsp3) is 0.0667. The zero-order chi connectivity index (χ0) is 18.6. The van der Waals surface area contributed by atoms with Crippen molar-refractivity contribution in [1.82, 2.24) is 0 Å². The summed E-state index contributed by atoms with van der Waals surface area (Å²) in [6.07, 6.45) is 0. The van der Waals surface area contributed by atoms with Crippen LogP contribution < -0.4 is 11.1 Å². The highest BCUT2D eigenvalue weighted by Crippen LogP contribution is 2.26. The van der Waals surface area contributed by atoms with Crippen LogP contribution in [0.5, 0.6) is 5.75 Å². The molecule has 1 amide bonds. The van der Waals surface area contributed by atoms with Gasteiger partial charge in [-0.15, -0.1) is 0 Å². The number of anilines is 2. The standard InChI is InChI=1S/C15H12ClN3O6/c16-11-5-8(19(23)24)1-4-13(11)18-14(21)7-25-15(22)10-6-9(20)2-3-12(10)17/h1-6,20H,7,17H2,(H,18,21). The van der Waals surface area contributed by atoms with Gasteiger partial charge in [0.05, 0.1) is 21.2 Å². The average Bonchev–Trinajstić information content (AvgIpc) is 2.56. The Hall–Kier alpha value is -3.33. The third kappa shape index (κ3) is 4.58. The fourth-order valence-corrected chi connectivity index (χ4v) is 2.06. The van der Waals surface area contributed by atoms with Crippen molar-refractivity contribution in [2.24, 2.45) is 0 Å². The second kappa shape index (κ2) is 7.49. The Morgan fingerprint density at radius 1 is 1.28 bits per heavy atom. The van der Waals surface area contributed by atoms with Crippen LogP contribution in [0.3, 0.4) is 0 Å². The second-order valence-corrected chi connectivity index (χ2v) is 5.22. The van der Waals surface area contributed by atoms with E-state index in [-0.39, 0.29) is 33.4 Å². The second-order valence-electron chi connectivity index (χ2n) is 4.82. The number of nitro benzene ring substituents is 1. The van der Waals surface area contributed by atoms with Gasteiger partial charge < -0.3 is 20.9 Å². The maximum atomic E-state index is 11.9. The van der Waals surface area contributed by atoms with Crippen LogP contribution >= 0.6 is 11.6 Å². The molecule has 0 aromatic heterocycles. The molecule has 0 aliphatic heterocycles. The van der Waals surface area contributed by atoms with E-state index in [0.29, 0.717) is 0 Å². The van der Waals surface area contributed by atoms with E-state index < -0.39 is 23.4 Å². The lowest BCUT2D eigenvalue weighted by Gasteiger charge is -2.09. The van der Waals surface area contributed by atoms with E-state index >= 15 is 0 Å². The number of carbonyl (C=O) groups excluding carboxylic acids is 2. The topological polar surface area (TPSA) is 145 Å². The summed E-state index contributed by atoms with van der Waals surface area (Å²) in [5.41, 5.74) is 5.50. The molecule has 10 heteroatoms. The Bertz CT molecular complexity index is 855. The predicted molar refractivity (Wildman–Crippen MR) is 89.5 cm³/mol. The third-order valence-corrected chi connectivity index (χ3v) is 3.34. The van der Waals surface area contributed by atoms with E-state index in [0.717, 1.165) is 12.1 Å². The highest BCUT2D eigenvalue weighted by Gasteiger charge is 2.16. The fourth-order valence-electron chi connectivity index (χ4n) is 1.84. The number of halogens is 1. The van der Waals surface area contributed by atoms with E-state index in [1.165, 1.54) is 24.3 Å². The van der Waals surface area contributed by atoms with Crippen LogP contribution in [0.15, 0.2) is 36.4 Å². The van der Waals surface area contributed by atoms with Crippen LogP contribution in [0.2, 0.25) is 5.02 Å². The van der Waals surface area contributed by atoms with Crippen molar-refractivity contribution in [3.63, 3.8) is 0 Å². The molecule has 0 fully saturated rings. The summed E-state index contributed by atoms with van der Waals surface area (Å²) in [4.78, 5) is 33.7. The number of ether oxygens (including phenoxy) is 1. The largest absolute Gasteiger partial charge is 0.508 e. The van der Waals surface area contributed by atoms with Gasteiger partial charge >= 0.3 is 5.97 Å². The maximum absolute atomic E-state index is 11.9. The highest BCUT2D eigenvalue weighted by molar-refractivity contribution is 6.34. The van der Waals surface area contributed by atoms with E-state index in [4.69, 9.17) is 22.1 Å². The smallest absolute Gasteiger partial charge is 0.340 e. The highest BCUT2D eigenvalue weighted by atomic mass is 35.5. The first-order valence-corrected chi connectivity index (χ1v) is 7.15. The number of nitrogens with zero attached hydrogens (tertiary/aromatic N) is 1. The zero-order valence-corrected chi connectivity index (χ0v) is 13.3. The zero-order valence-electron chi connectivity index (χ0n) is 12.6. The molecule has 9 nitrogen and oxygen atoms in total. The Morgan fingerprint density at radius 3 is 2.64 bits per heavy atom. The first kappa shape index (κ1) is 18.0. The molecular formula is C15H12ClN3O6. The molecule has 2 aromatic carbocycles. The number of esters is 1. The number of nitrogens with one attached hydrogen (secondary N) is 1. The van der Waals surface area contributed by atoms with E-state index in [2.05, 4.69) is 5.32 Å². The van der Waals surface area contributed by atoms with Crippen LogP contribution in [0.4, 0.5) is 17.1 Å². The Kier molecular flexibility index (Phi) is 5.40. The molecule has 0 saturated heterocycles. The minimum atomic E-state index is -0.890. The van der Waals surface area contributed by atoms with Gasteiger partial charge in [0.1, 0.15) is 5.75 Å². The van der Waals surface area contributed by atoms with Crippen LogP contribution in [-0.2, 0) is 9.53 Å². The van der Waals surface area contributed by atoms with Crippen molar-refractivity contribution < 1.29 is 24.4 Å². The molecule has 0 unspecified atom stereocenters. The lowest BCUT2D eigenvalue weighted by Crippen LogP contribution is -2.21. The minimum Gasteiger partial charge on any atom is -0.508 e. The number of rotatable bonds is 5. The molecule has 0 spiro atoms. The molecule has 0 saturated carbocycles. The number of non-ortho nitro benzene ring substituents is 1. The van der Waals surface area contributed by atoms with Gasteiger partial charge in [-0.3, -0.25) is 14.9 Å². The summed E-state index contributed by atoms with van der Waals surface area (Å²) in [7, 11) is 0. The third-order valence-electron chi connectivity index (χ3n) is 3.03. The first-order chi connectivity index (χ1) is 11.8. The number of hydrogen-bond acceptors (Lipinski definition) is 7. The number of hydrogen-bond donors (Lipinski definition) is 3. The summed E-state index contributed by atoms with van der Waals surface area (Å²) >= 11 is 5.84. The number of amides is 1. The first-order valence-electron chi connectivity index (χ1n) is 6.77. The summed E-state index contributed by atoms with van der Waals surface area (Å²) in [5, 5.41) is 22.3. The van der Waals surface area contributed by atoms with Crippen molar-refractivity contribution in [1.29, 1.82) is 0 Å². The van der Waals surface area contributed by atoms with Crippen LogP contribution in [0, 0.1) is 10.1 Å². The van der Waals surface area contributed by atoms with Crippen molar-refractivity contribution in [3.05, 3.63) is 57.1 Å². The van der Waals surface area contributed by atoms with Gasteiger partial charge in [-0.25, -0.2) is 4.79 Å². The molecule has 0 radical (unpaired) electrons. The minimum absolute atomic E-state index is 0.0360. The normalized spacial score (nSPS) is 10.1. The van der Waals surface area contributed by atoms with Gasteiger partial charge in [-0.05, 0) is 24.3 Å². The number of phenolic OH excluding ortho intramolecular Hbond substituents is 1. The van der Waals surface area contributed by atoms with Crippen molar-refractivity contribution >= 4 is 40.5 Å². The summed E-state index contributed by atoms with van der Waals surface area (Å²) < 4.78 is 4.81. The quantitative estimate of drug-likeness (QED) is 0.242. The molecule has 25 heavy (non-hydrogen) atoms. The van der Waals surface area contributed by atoms with E-state index in [1.54, 1.807) is 0 Å². The molecule has 0 aliphatic rings. The molecule has 2 rings (SSSR count). The van der Waals surface area contributed by atoms with E-state index in [1.807, 2.05) is 0 Å². The predicted octanol–water partition coefficient (Wildman–Crippen LogP) is 2.33. The van der Waals surface area contributed by atoms with Crippen LogP contribution in [0.1, 0.15) is 10.4 Å². The monoisotopic (exact) mass is 365 g/mol. The lowest BCUT2D eigenvalue weighted by atomic mass is 10.2. The SMILES string of the molecule is Nc1ccc(O)cc1C(=O)OCC(=O)Nc1ccc([N+](=O)[O-])cc1Cl. The van der Waals surface area contributed by atoms with Crippen LogP contribution in [-0.4, -0.2) is 28.5 Å². The molecular weight excluding hydrogens is 354 g/mol. The Morgan fingerprint density at radius 2 is 2.00 bits per heavy atom. The molecule has 130 valence electrons. The number of carbonyl (C=O) groups is 2. The van der Waals surface area contributed by atoms with Crippen molar-refractivity contribution in [2.75, 3.05) is 17.7 Å². The number of nitro groups is 1. The van der Waals surface area contributed by atoms with Crippen molar-refractivity contribution in [3.8, 4) is 5.75 Å². The Labute approximate surface area is 146 Å². The van der Waals surface area contributed by atoms with Gasteiger partial charge in [0, 0.05) is 17.8 Å². The maximum Gasteiger partial charge on any atom is 0.340 e. The van der Waals surface area contributed by atoms with Crippen molar-refractivity contribution in [2.45, 2.75) is 0 Å². The molecule has 4 N–H and O–H groups in total.